The number of halogens is 4. The Morgan fingerprint density at radius 2 is 1.96 bits per heavy atom. The highest BCUT2D eigenvalue weighted by atomic mass is 35.5. The number of rotatable bonds is 4. The topological polar surface area (TPSA) is 73.4 Å². The Morgan fingerprint density at radius 1 is 1.38 bits per heavy atom. The van der Waals surface area contributed by atoms with Crippen LogP contribution in [0.4, 0.5) is 18.9 Å². The number of carbonyl (C=O) groups excluding carboxylic acids is 1. The maximum atomic E-state index is 13.0. The Bertz CT molecular complexity index is 658. The van der Waals surface area contributed by atoms with Crippen molar-refractivity contribution >= 4 is 23.2 Å². The van der Waals surface area contributed by atoms with Crippen LogP contribution in [0.15, 0.2) is 12.1 Å². The van der Waals surface area contributed by atoms with Crippen molar-refractivity contribution in [2.45, 2.75) is 37.5 Å². The van der Waals surface area contributed by atoms with Gasteiger partial charge < -0.3 is 21.3 Å². The van der Waals surface area contributed by atoms with Gasteiger partial charge in [-0.1, -0.05) is 17.6 Å². The van der Waals surface area contributed by atoms with Gasteiger partial charge in [-0.3, -0.25) is 4.79 Å². The average Bonchev–Trinajstić information content (AvgIpc) is 2.56. The molecule has 0 saturated carbocycles. The summed E-state index contributed by atoms with van der Waals surface area (Å²) in [5.74, 6) is -0.372. The largest absolute Gasteiger partial charge is 0.667 e. The molecule has 1 saturated heterocycles. The Morgan fingerprint density at radius 3 is 2.46 bits per heavy atom. The minimum atomic E-state index is -4.64. The minimum Gasteiger partial charge on any atom is -0.667 e. The third kappa shape index (κ3) is 4.81. The molecule has 0 aromatic heterocycles. The molecule has 1 aliphatic rings. The summed E-state index contributed by atoms with van der Waals surface area (Å²) in [6.45, 7) is 1.10. The Labute approximate surface area is 156 Å². The van der Waals surface area contributed by atoms with E-state index in [0.717, 1.165) is 18.9 Å². The molecule has 0 radical (unpaired) electrons. The van der Waals surface area contributed by atoms with Crippen molar-refractivity contribution in [2.24, 2.45) is 0 Å². The zero-order valence-electron chi connectivity index (χ0n) is 14.7. The lowest BCUT2D eigenvalue weighted by atomic mass is 9.99. The summed E-state index contributed by atoms with van der Waals surface area (Å²) in [6.07, 6.45) is -3.15. The monoisotopic (exact) mass is 391 g/mol. The van der Waals surface area contributed by atoms with E-state index in [1.165, 1.54) is 6.07 Å². The van der Waals surface area contributed by atoms with Gasteiger partial charge in [0.15, 0.2) is 0 Å². The SMILES string of the molecule is CN(C)C1CCN(C(=O)[C@H]([NH-])Cc2cc(Cl)c(N)c(C(F)(F)F)c2)CC1. The zero-order chi connectivity index (χ0) is 19.6. The first kappa shape index (κ1) is 20.8. The van der Waals surface area contributed by atoms with Gasteiger partial charge in [-0.25, -0.2) is 0 Å². The second-order valence-corrected chi connectivity index (χ2v) is 7.22. The highest BCUT2D eigenvalue weighted by Gasteiger charge is 2.34. The first-order valence-corrected chi connectivity index (χ1v) is 8.70. The molecule has 2 rings (SSSR count). The minimum absolute atomic E-state index is 0.143. The predicted molar refractivity (Wildman–Crippen MR) is 96.0 cm³/mol. The number of likely N-dealkylation sites (tertiary alicyclic amines) is 1. The van der Waals surface area contributed by atoms with Crippen LogP contribution in [-0.2, 0) is 17.4 Å². The van der Waals surface area contributed by atoms with Crippen molar-refractivity contribution in [1.82, 2.24) is 9.80 Å². The van der Waals surface area contributed by atoms with Crippen LogP contribution in [0.1, 0.15) is 24.0 Å². The van der Waals surface area contributed by atoms with Gasteiger partial charge in [0.2, 0.25) is 5.91 Å². The van der Waals surface area contributed by atoms with E-state index >= 15 is 0 Å². The van der Waals surface area contributed by atoms with E-state index in [9.17, 15) is 18.0 Å². The fourth-order valence-electron chi connectivity index (χ4n) is 3.17. The summed E-state index contributed by atoms with van der Waals surface area (Å²) in [4.78, 5) is 16.2. The summed E-state index contributed by atoms with van der Waals surface area (Å²) >= 11 is 5.80. The molecule has 3 N–H and O–H groups in total. The van der Waals surface area contributed by atoms with Crippen molar-refractivity contribution in [3.05, 3.63) is 34.0 Å². The first-order chi connectivity index (χ1) is 12.0. The number of nitrogen functional groups attached to an aromatic ring is 1. The van der Waals surface area contributed by atoms with Gasteiger partial charge in [0, 0.05) is 19.1 Å². The van der Waals surface area contributed by atoms with Gasteiger partial charge in [-0.05, 0) is 51.1 Å². The lowest BCUT2D eigenvalue weighted by Gasteiger charge is -2.38. The molecule has 1 aliphatic heterocycles. The standard InChI is InChI=1S/C17H23ClF3N4O/c1-24(2)11-3-5-25(6-4-11)16(26)14(22)9-10-7-12(17(19,20)21)15(23)13(18)8-10/h7-8,11,14,22H,3-6,9,23H2,1-2H3/q-1/t14-/m1/s1. The highest BCUT2D eigenvalue weighted by Crippen LogP contribution is 2.38. The summed E-state index contributed by atoms with van der Waals surface area (Å²) in [6, 6.07) is 1.38. The molecule has 146 valence electrons. The molecular formula is C17H23ClF3N4O-. The van der Waals surface area contributed by atoms with Crippen LogP contribution in [-0.4, -0.2) is 55.0 Å². The predicted octanol–water partition coefficient (Wildman–Crippen LogP) is 3.46. The number of alkyl halides is 3. The highest BCUT2D eigenvalue weighted by molar-refractivity contribution is 6.33. The number of benzene rings is 1. The van der Waals surface area contributed by atoms with Crippen molar-refractivity contribution in [2.75, 3.05) is 32.9 Å². The molecule has 0 aliphatic carbocycles. The van der Waals surface area contributed by atoms with Crippen LogP contribution in [0.25, 0.3) is 5.73 Å². The normalized spacial score (nSPS) is 17.6. The molecule has 1 aromatic carbocycles. The Balaban J connectivity index is 2.07. The number of anilines is 1. The summed E-state index contributed by atoms with van der Waals surface area (Å²) < 4.78 is 39.1. The van der Waals surface area contributed by atoms with E-state index in [4.69, 9.17) is 23.1 Å². The third-order valence-electron chi connectivity index (χ3n) is 4.74. The maximum Gasteiger partial charge on any atom is 0.418 e. The second kappa shape index (κ2) is 8.02. The summed E-state index contributed by atoms with van der Waals surface area (Å²) in [5, 5.41) is -0.221. The van der Waals surface area contributed by atoms with E-state index in [-0.39, 0.29) is 22.9 Å². The number of nitrogens with zero attached hydrogens (tertiary/aromatic N) is 2. The van der Waals surface area contributed by atoms with Crippen LogP contribution in [0.2, 0.25) is 5.02 Å². The quantitative estimate of drug-likeness (QED) is 0.799. The van der Waals surface area contributed by atoms with E-state index in [2.05, 4.69) is 4.90 Å². The van der Waals surface area contributed by atoms with Crippen LogP contribution in [0.3, 0.4) is 0 Å². The third-order valence-corrected chi connectivity index (χ3v) is 5.05. The Kier molecular flexibility index (Phi) is 6.42. The van der Waals surface area contributed by atoms with Crippen molar-refractivity contribution < 1.29 is 18.0 Å². The van der Waals surface area contributed by atoms with E-state index in [1.54, 1.807) is 4.90 Å². The lowest BCUT2D eigenvalue weighted by Crippen LogP contribution is -2.47. The number of carbonyl (C=O) groups is 1. The number of hydrogen-bond donors (Lipinski definition) is 1. The lowest BCUT2D eigenvalue weighted by molar-refractivity contribution is -0.137. The molecule has 1 atom stereocenters. The summed E-state index contributed by atoms with van der Waals surface area (Å²) in [5.41, 5.74) is 12.1. The van der Waals surface area contributed by atoms with Crippen LogP contribution in [0, 0.1) is 0 Å². The van der Waals surface area contributed by atoms with Crippen molar-refractivity contribution in [1.29, 1.82) is 0 Å². The molecule has 0 bridgehead atoms. The summed E-state index contributed by atoms with van der Waals surface area (Å²) in [7, 11) is 3.97. The molecule has 1 heterocycles. The van der Waals surface area contributed by atoms with Crippen LogP contribution < -0.4 is 5.73 Å². The molecule has 1 fully saturated rings. The van der Waals surface area contributed by atoms with Crippen LogP contribution in [0.5, 0.6) is 0 Å². The maximum absolute atomic E-state index is 13.0. The van der Waals surface area contributed by atoms with Crippen molar-refractivity contribution in [3.63, 3.8) is 0 Å². The molecule has 5 nitrogen and oxygen atoms in total. The molecule has 1 amide bonds. The molecule has 1 aromatic rings. The van der Waals surface area contributed by atoms with Gasteiger partial charge in [0.1, 0.15) is 0 Å². The van der Waals surface area contributed by atoms with E-state index in [0.29, 0.717) is 19.1 Å². The smallest absolute Gasteiger partial charge is 0.418 e. The molecule has 26 heavy (non-hydrogen) atoms. The number of nitrogens with two attached hydrogens (primary N) is 1. The van der Waals surface area contributed by atoms with Gasteiger partial charge in [0.25, 0.3) is 0 Å². The number of amides is 1. The van der Waals surface area contributed by atoms with Crippen molar-refractivity contribution in [3.8, 4) is 0 Å². The van der Waals surface area contributed by atoms with E-state index in [1.807, 2.05) is 14.1 Å². The van der Waals surface area contributed by atoms with Crippen LogP contribution >= 0.6 is 11.6 Å². The molecule has 0 spiro atoms. The fourth-order valence-corrected chi connectivity index (χ4v) is 3.41. The number of hydrogen-bond acceptors (Lipinski definition) is 3. The van der Waals surface area contributed by atoms with Gasteiger partial charge >= 0.3 is 6.18 Å². The second-order valence-electron chi connectivity index (χ2n) is 6.81. The Hall–Kier alpha value is -1.51. The number of piperidine rings is 1. The first-order valence-electron chi connectivity index (χ1n) is 8.32. The van der Waals surface area contributed by atoms with Gasteiger partial charge in [-0.15, -0.1) is 0 Å². The van der Waals surface area contributed by atoms with Gasteiger partial charge in [-0.2, -0.15) is 13.2 Å². The molecule has 9 heteroatoms. The molecule has 0 unspecified atom stereocenters. The van der Waals surface area contributed by atoms with E-state index < -0.39 is 23.5 Å². The number of nitrogens with one attached hydrogen (secondary N) is 1. The van der Waals surface area contributed by atoms with Gasteiger partial charge in [0.05, 0.1) is 16.3 Å². The fraction of sp³-hybridized carbons (Fsp3) is 0.588. The average molecular weight is 392 g/mol. The zero-order valence-corrected chi connectivity index (χ0v) is 15.5. The molecular weight excluding hydrogens is 369 g/mol.